The summed E-state index contributed by atoms with van der Waals surface area (Å²) < 4.78 is 0. The van der Waals surface area contributed by atoms with Crippen molar-refractivity contribution >= 4 is 69.9 Å². The molecule has 0 bridgehead atoms. The van der Waals surface area contributed by atoms with E-state index >= 15 is 0 Å². The van der Waals surface area contributed by atoms with Gasteiger partial charge in [-0.3, -0.25) is 14.4 Å². The maximum atomic E-state index is 13.4. The fraction of sp³-hybridized carbons (Fsp3) is 0.538. The summed E-state index contributed by atoms with van der Waals surface area (Å²) in [5.74, 6) is -0.821. The van der Waals surface area contributed by atoms with Gasteiger partial charge in [0.05, 0.1) is 6.04 Å². The molecule has 1 aromatic heterocycles. The maximum absolute atomic E-state index is 13.4. The van der Waals surface area contributed by atoms with Crippen molar-refractivity contribution in [2.24, 2.45) is 5.73 Å². The molecule has 4 atom stereocenters. The molecule has 4 unspecified atom stereocenters. The molecule has 0 radical (unpaired) electrons. The van der Waals surface area contributed by atoms with E-state index in [4.69, 9.17) is 5.73 Å². The van der Waals surface area contributed by atoms with Crippen LogP contribution < -0.4 is 21.7 Å². The number of carboxylic acid groups (broad SMARTS) is 1. The van der Waals surface area contributed by atoms with Crippen molar-refractivity contribution < 1.29 is 24.3 Å². The number of amides is 3. The molecule has 0 saturated heterocycles. The van der Waals surface area contributed by atoms with Crippen molar-refractivity contribution in [1.29, 1.82) is 0 Å². The average molecular weight is 598 g/mol. The molecule has 0 aliphatic carbocycles. The number of aromatic nitrogens is 1. The summed E-state index contributed by atoms with van der Waals surface area (Å²) >= 11 is 4.59. The van der Waals surface area contributed by atoms with Gasteiger partial charge in [0, 0.05) is 23.5 Å². The van der Waals surface area contributed by atoms with Crippen molar-refractivity contribution in [3.05, 3.63) is 36.0 Å². The standard InChI is InChI=1S/C26H39N5O5S3/c1-37-11-8-18(27)23(32)29-20(9-12-38-2)24(33)31-22(25(34)30-21(26(35)36)10-13-39-3)14-16-15-28-19-7-5-4-6-17(16)19/h4-7,15,18,20-22,28H,8-14,27H2,1-3H3,(H,29,32)(H,30,34)(H,31,33)(H,35,36). The van der Waals surface area contributed by atoms with E-state index in [9.17, 15) is 24.3 Å². The first-order valence-corrected chi connectivity index (χ1v) is 16.8. The van der Waals surface area contributed by atoms with Gasteiger partial charge in [0.25, 0.3) is 0 Å². The predicted octanol–water partition coefficient (Wildman–Crippen LogP) is 1.84. The van der Waals surface area contributed by atoms with E-state index in [0.717, 1.165) is 16.5 Å². The Labute approximate surface area is 242 Å². The molecule has 0 fully saturated rings. The number of H-pyrrole nitrogens is 1. The molecule has 0 aliphatic rings. The molecule has 0 aliphatic heterocycles. The van der Waals surface area contributed by atoms with E-state index in [1.807, 2.05) is 43.0 Å². The number of thioether (sulfide) groups is 3. The van der Waals surface area contributed by atoms with E-state index in [0.29, 0.717) is 30.1 Å². The monoisotopic (exact) mass is 597 g/mol. The van der Waals surface area contributed by atoms with Crippen molar-refractivity contribution in [3.8, 4) is 0 Å². The molecule has 10 nitrogen and oxygen atoms in total. The van der Waals surface area contributed by atoms with Crippen molar-refractivity contribution in [2.45, 2.75) is 49.9 Å². The van der Waals surface area contributed by atoms with Crippen molar-refractivity contribution in [3.63, 3.8) is 0 Å². The number of hydrogen-bond donors (Lipinski definition) is 6. The predicted molar refractivity (Wildman–Crippen MR) is 162 cm³/mol. The second kappa shape index (κ2) is 17.4. The zero-order chi connectivity index (χ0) is 28.8. The van der Waals surface area contributed by atoms with Crippen LogP contribution >= 0.6 is 35.3 Å². The highest BCUT2D eigenvalue weighted by atomic mass is 32.2. The minimum Gasteiger partial charge on any atom is -0.480 e. The van der Waals surface area contributed by atoms with Gasteiger partial charge in [0.15, 0.2) is 0 Å². The molecule has 39 heavy (non-hydrogen) atoms. The second-order valence-electron chi connectivity index (χ2n) is 9.04. The number of carbonyl (C=O) groups is 4. The Morgan fingerprint density at radius 3 is 2.00 bits per heavy atom. The fourth-order valence-electron chi connectivity index (χ4n) is 3.93. The van der Waals surface area contributed by atoms with Gasteiger partial charge in [-0.25, -0.2) is 4.79 Å². The Bertz CT molecular complexity index is 1100. The first kappa shape index (κ1) is 32.9. The third kappa shape index (κ3) is 10.6. The Balaban J connectivity index is 2.27. The van der Waals surface area contributed by atoms with E-state index < -0.39 is 47.9 Å². The highest BCUT2D eigenvalue weighted by Crippen LogP contribution is 2.19. The van der Waals surface area contributed by atoms with E-state index in [1.54, 1.807) is 18.0 Å². The third-order valence-electron chi connectivity index (χ3n) is 6.17. The number of nitrogens with one attached hydrogen (secondary N) is 4. The number of para-hydroxylation sites is 1. The highest BCUT2D eigenvalue weighted by Gasteiger charge is 2.30. The lowest BCUT2D eigenvalue weighted by Gasteiger charge is -2.25. The minimum absolute atomic E-state index is 0.132. The molecule has 1 aromatic carbocycles. The number of rotatable bonds is 18. The smallest absolute Gasteiger partial charge is 0.326 e. The lowest BCUT2D eigenvalue weighted by Crippen LogP contribution is -2.57. The van der Waals surface area contributed by atoms with E-state index in [-0.39, 0.29) is 12.8 Å². The van der Waals surface area contributed by atoms with Crippen LogP contribution in [0, 0.1) is 0 Å². The summed E-state index contributed by atoms with van der Waals surface area (Å²) in [5.41, 5.74) is 7.69. The van der Waals surface area contributed by atoms with Crippen LogP contribution in [0.4, 0.5) is 0 Å². The van der Waals surface area contributed by atoms with Crippen LogP contribution in [0.3, 0.4) is 0 Å². The summed E-state index contributed by atoms with van der Waals surface area (Å²) in [6.45, 7) is 0. The molecular weight excluding hydrogens is 559 g/mol. The summed E-state index contributed by atoms with van der Waals surface area (Å²) in [7, 11) is 0. The molecular formula is C26H39N5O5S3. The Morgan fingerprint density at radius 1 is 0.821 bits per heavy atom. The Kier molecular flexibility index (Phi) is 14.6. The number of fused-ring (bicyclic) bond motifs is 1. The van der Waals surface area contributed by atoms with Crippen molar-refractivity contribution in [2.75, 3.05) is 36.0 Å². The van der Waals surface area contributed by atoms with Crippen LogP contribution in [-0.4, -0.2) is 94.0 Å². The lowest BCUT2D eigenvalue weighted by atomic mass is 10.0. The normalized spacial score (nSPS) is 14.3. The molecule has 3 amide bonds. The van der Waals surface area contributed by atoms with Crippen LogP contribution in [0.5, 0.6) is 0 Å². The quantitative estimate of drug-likeness (QED) is 0.150. The van der Waals surface area contributed by atoms with E-state index in [2.05, 4.69) is 20.9 Å². The number of carboxylic acids is 1. The van der Waals surface area contributed by atoms with Crippen LogP contribution in [0.15, 0.2) is 30.5 Å². The average Bonchev–Trinajstić information content (AvgIpc) is 3.33. The van der Waals surface area contributed by atoms with Gasteiger partial charge in [-0.2, -0.15) is 35.3 Å². The Hall–Kier alpha value is -2.35. The molecule has 13 heteroatoms. The van der Waals surface area contributed by atoms with Gasteiger partial charge in [-0.1, -0.05) is 18.2 Å². The van der Waals surface area contributed by atoms with Crippen LogP contribution in [0.25, 0.3) is 10.9 Å². The first-order valence-electron chi connectivity index (χ1n) is 12.6. The molecule has 0 saturated carbocycles. The first-order chi connectivity index (χ1) is 18.7. The van der Waals surface area contributed by atoms with Gasteiger partial charge >= 0.3 is 5.97 Å². The van der Waals surface area contributed by atoms with Crippen LogP contribution in [0.2, 0.25) is 0 Å². The fourth-order valence-corrected chi connectivity index (χ4v) is 5.36. The highest BCUT2D eigenvalue weighted by molar-refractivity contribution is 7.98. The van der Waals surface area contributed by atoms with Crippen molar-refractivity contribution in [1.82, 2.24) is 20.9 Å². The Morgan fingerprint density at radius 2 is 1.36 bits per heavy atom. The van der Waals surface area contributed by atoms with Gasteiger partial charge in [-0.05, 0) is 66.9 Å². The molecule has 216 valence electrons. The second-order valence-corrected chi connectivity index (χ2v) is 12.0. The SMILES string of the molecule is CSCCC(N)C(=O)NC(CCSC)C(=O)NC(Cc1c[nH]c2ccccc12)C(=O)NC(CCSC)C(=O)O. The zero-order valence-electron chi connectivity index (χ0n) is 22.5. The number of aromatic amines is 1. The van der Waals surface area contributed by atoms with E-state index in [1.165, 1.54) is 23.5 Å². The number of nitrogens with two attached hydrogens (primary N) is 1. The topological polar surface area (TPSA) is 166 Å². The maximum Gasteiger partial charge on any atom is 0.326 e. The van der Waals surface area contributed by atoms with Gasteiger partial charge in [-0.15, -0.1) is 0 Å². The summed E-state index contributed by atoms with van der Waals surface area (Å²) in [5, 5.41) is 18.6. The molecule has 2 rings (SSSR count). The minimum atomic E-state index is -1.14. The van der Waals surface area contributed by atoms with Gasteiger partial charge in [0.1, 0.15) is 18.1 Å². The van der Waals surface area contributed by atoms with Gasteiger partial charge in [0.2, 0.25) is 17.7 Å². The summed E-state index contributed by atoms with van der Waals surface area (Å²) in [6, 6.07) is 3.79. The number of benzene rings is 1. The van der Waals surface area contributed by atoms with Crippen LogP contribution in [-0.2, 0) is 25.6 Å². The molecule has 1 heterocycles. The van der Waals surface area contributed by atoms with Crippen LogP contribution in [0.1, 0.15) is 24.8 Å². The van der Waals surface area contributed by atoms with Gasteiger partial charge < -0.3 is 31.8 Å². The zero-order valence-corrected chi connectivity index (χ0v) is 25.0. The molecule has 2 aromatic rings. The largest absolute Gasteiger partial charge is 0.480 e. The number of carbonyl (C=O) groups excluding carboxylic acids is 3. The molecule has 0 spiro atoms. The summed E-state index contributed by atoms with van der Waals surface area (Å²) in [4.78, 5) is 54.5. The number of hydrogen-bond acceptors (Lipinski definition) is 8. The summed E-state index contributed by atoms with van der Waals surface area (Å²) in [6.07, 6.45) is 8.66. The third-order valence-corrected chi connectivity index (χ3v) is 8.10. The number of aliphatic carboxylic acids is 1. The molecule has 7 N–H and O–H groups in total. The lowest BCUT2D eigenvalue weighted by molar-refractivity contribution is -0.142.